The molecule has 2 heterocycles. The molecule has 0 atom stereocenters. The van der Waals surface area contributed by atoms with Crippen molar-refractivity contribution in [1.82, 2.24) is 9.55 Å². The fourth-order valence-corrected chi connectivity index (χ4v) is 3.14. The molecule has 0 N–H and O–H groups in total. The zero-order valence-corrected chi connectivity index (χ0v) is 12.6. The molecule has 0 saturated heterocycles. The van der Waals surface area contributed by atoms with Gasteiger partial charge in [0.25, 0.3) is 0 Å². The van der Waals surface area contributed by atoms with Gasteiger partial charge in [-0.1, -0.05) is 13.8 Å². The predicted molar refractivity (Wildman–Crippen MR) is 77.7 cm³/mol. The quantitative estimate of drug-likeness (QED) is 0.801. The lowest BCUT2D eigenvalue weighted by Gasteiger charge is -2.29. The van der Waals surface area contributed by atoms with Crippen LogP contribution < -0.4 is 0 Å². The number of aromatic nitrogens is 2. The molecule has 19 heavy (non-hydrogen) atoms. The van der Waals surface area contributed by atoms with E-state index in [1.165, 1.54) is 0 Å². The van der Waals surface area contributed by atoms with Gasteiger partial charge in [0.2, 0.25) is 0 Å². The molecule has 0 unspecified atom stereocenters. The molecule has 98 valence electrons. The van der Waals surface area contributed by atoms with Crippen molar-refractivity contribution in [2.45, 2.75) is 26.7 Å². The number of Topliss-reactive ketones (excluding diaryl/α,β-unsaturated/α-hetero) is 1. The number of carbonyl (C=O) groups excluding carboxylic acids is 1. The summed E-state index contributed by atoms with van der Waals surface area (Å²) >= 11 is 3.52. The zero-order chi connectivity index (χ0) is 13.6. The number of rotatable bonds is 1. The first-order valence-electron chi connectivity index (χ1n) is 6.32. The molecule has 0 amide bonds. The summed E-state index contributed by atoms with van der Waals surface area (Å²) in [6.45, 7) is 4.28. The van der Waals surface area contributed by atoms with E-state index >= 15 is 0 Å². The molecule has 1 aliphatic rings. The first-order valence-corrected chi connectivity index (χ1v) is 7.11. The maximum atomic E-state index is 12.2. The lowest BCUT2D eigenvalue weighted by atomic mass is 9.76. The molecule has 0 radical (unpaired) electrons. The minimum absolute atomic E-state index is 0.0153. The van der Waals surface area contributed by atoms with Crippen LogP contribution in [-0.2, 0) is 6.42 Å². The monoisotopic (exact) mass is 318 g/mol. The van der Waals surface area contributed by atoms with Gasteiger partial charge in [-0.3, -0.25) is 4.79 Å². The Morgan fingerprint density at radius 1 is 1.32 bits per heavy atom. The van der Waals surface area contributed by atoms with Crippen LogP contribution in [0.5, 0.6) is 0 Å². The van der Waals surface area contributed by atoms with Crippen LogP contribution in [0.3, 0.4) is 0 Å². The number of ketones is 1. The van der Waals surface area contributed by atoms with E-state index in [-0.39, 0.29) is 11.2 Å². The Morgan fingerprint density at radius 3 is 2.84 bits per heavy atom. The maximum absolute atomic E-state index is 12.2. The summed E-state index contributed by atoms with van der Waals surface area (Å²) in [5, 5.41) is 0. The Hall–Kier alpha value is -1.42. The summed E-state index contributed by atoms with van der Waals surface area (Å²) < 4.78 is 2.96. The molecule has 0 bridgehead atoms. The number of fused-ring (bicyclic) bond motifs is 1. The number of halogens is 1. The summed E-state index contributed by atoms with van der Waals surface area (Å²) in [5.74, 6) is 1.08. The second-order valence-electron chi connectivity index (χ2n) is 5.80. The molecular formula is C15H15BrN2O. The van der Waals surface area contributed by atoms with Crippen molar-refractivity contribution in [3.8, 4) is 5.82 Å². The van der Waals surface area contributed by atoms with Crippen LogP contribution in [0.15, 0.2) is 35.1 Å². The molecule has 0 fully saturated rings. The number of pyridine rings is 1. The van der Waals surface area contributed by atoms with Gasteiger partial charge in [0.1, 0.15) is 0 Å². The van der Waals surface area contributed by atoms with Crippen molar-refractivity contribution in [3.05, 3.63) is 46.3 Å². The second kappa shape index (κ2) is 4.30. The summed E-state index contributed by atoms with van der Waals surface area (Å²) in [5.41, 5.74) is 1.93. The van der Waals surface area contributed by atoms with E-state index in [1.54, 1.807) is 6.20 Å². The highest BCUT2D eigenvalue weighted by Gasteiger charge is 2.33. The molecule has 3 rings (SSSR count). The Labute approximate surface area is 120 Å². The van der Waals surface area contributed by atoms with Crippen LogP contribution in [0.1, 0.15) is 36.3 Å². The van der Waals surface area contributed by atoms with E-state index in [0.717, 1.165) is 28.0 Å². The van der Waals surface area contributed by atoms with Crippen LogP contribution in [0, 0.1) is 5.41 Å². The third kappa shape index (κ3) is 2.14. The first kappa shape index (κ1) is 12.6. The molecule has 0 aliphatic heterocycles. The first-order chi connectivity index (χ1) is 8.98. The molecule has 1 aliphatic carbocycles. The van der Waals surface area contributed by atoms with Gasteiger partial charge in [0, 0.05) is 30.1 Å². The van der Waals surface area contributed by atoms with Crippen molar-refractivity contribution < 1.29 is 4.79 Å². The van der Waals surface area contributed by atoms with Crippen molar-refractivity contribution in [2.75, 3.05) is 0 Å². The molecule has 3 nitrogen and oxygen atoms in total. The number of hydrogen-bond acceptors (Lipinski definition) is 2. The molecular weight excluding hydrogens is 304 g/mol. The third-order valence-electron chi connectivity index (χ3n) is 3.54. The smallest absolute Gasteiger partial charge is 0.165 e. The zero-order valence-electron chi connectivity index (χ0n) is 11.0. The molecule has 4 heteroatoms. The fraction of sp³-hybridized carbons (Fsp3) is 0.333. The van der Waals surface area contributed by atoms with Crippen molar-refractivity contribution in [3.63, 3.8) is 0 Å². The van der Waals surface area contributed by atoms with E-state index in [4.69, 9.17) is 0 Å². The van der Waals surface area contributed by atoms with E-state index < -0.39 is 0 Å². The number of nitrogens with zero attached hydrogens (tertiary/aromatic N) is 2. The van der Waals surface area contributed by atoms with E-state index in [9.17, 15) is 4.79 Å². The SMILES string of the molecule is CC1(C)CC(=O)c2ccn(-c3ncccc3Br)c2C1. The fourth-order valence-electron chi connectivity index (χ4n) is 2.70. The highest BCUT2D eigenvalue weighted by atomic mass is 79.9. The Balaban J connectivity index is 2.17. The lowest BCUT2D eigenvalue weighted by Crippen LogP contribution is -2.27. The van der Waals surface area contributed by atoms with Crippen LogP contribution in [0.4, 0.5) is 0 Å². The van der Waals surface area contributed by atoms with Gasteiger partial charge >= 0.3 is 0 Å². The van der Waals surface area contributed by atoms with Gasteiger partial charge in [0.15, 0.2) is 11.6 Å². The van der Waals surface area contributed by atoms with Crippen LogP contribution in [0.25, 0.3) is 5.82 Å². The van der Waals surface area contributed by atoms with Gasteiger partial charge in [-0.05, 0) is 46.0 Å². The average Bonchev–Trinajstić information content (AvgIpc) is 2.72. The van der Waals surface area contributed by atoms with E-state index in [0.29, 0.717) is 6.42 Å². The maximum Gasteiger partial charge on any atom is 0.165 e. The van der Waals surface area contributed by atoms with Crippen molar-refractivity contribution in [2.24, 2.45) is 5.41 Å². The number of carbonyl (C=O) groups is 1. The molecule has 0 spiro atoms. The number of hydrogen-bond donors (Lipinski definition) is 0. The van der Waals surface area contributed by atoms with E-state index in [2.05, 4.69) is 34.8 Å². The summed E-state index contributed by atoms with van der Waals surface area (Å²) in [7, 11) is 0. The van der Waals surface area contributed by atoms with E-state index in [1.807, 2.05) is 29.0 Å². The highest BCUT2D eigenvalue weighted by Crippen LogP contribution is 2.36. The van der Waals surface area contributed by atoms with Crippen LogP contribution in [-0.4, -0.2) is 15.3 Å². The van der Waals surface area contributed by atoms with Crippen molar-refractivity contribution in [1.29, 1.82) is 0 Å². The average molecular weight is 319 g/mol. The topological polar surface area (TPSA) is 34.9 Å². The van der Waals surface area contributed by atoms with Gasteiger partial charge in [-0.25, -0.2) is 4.98 Å². The molecule has 0 aromatic carbocycles. The van der Waals surface area contributed by atoms with Gasteiger partial charge in [0.05, 0.1) is 4.47 Å². The van der Waals surface area contributed by atoms with Gasteiger partial charge in [-0.2, -0.15) is 0 Å². The highest BCUT2D eigenvalue weighted by molar-refractivity contribution is 9.10. The molecule has 2 aromatic rings. The molecule has 2 aromatic heterocycles. The Morgan fingerprint density at radius 2 is 2.11 bits per heavy atom. The standard InChI is InChI=1S/C15H15BrN2O/c1-15(2)8-12-10(13(19)9-15)5-7-18(12)14-11(16)4-3-6-17-14/h3-7H,8-9H2,1-2H3. The third-order valence-corrected chi connectivity index (χ3v) is 4.16. The van der Waals surface area contributed by atoms with Crippen molar-refractivity contribution >= 4 is 21.7 Å². The summed E-state index contributed by atoms with van der Waals surface area (Å²) in [6.07, 6.45) is 5.22. The summed E-state index contributed by atoms with van der Waals surface area (Å²) in [6, 6.07) is 5.76. The minimum Gasteiger partial charge on any atom is -0.304 e. The van der Waals surface area contributed by atoms with Crippen LogP contribution >= 0.6 is 15.9 Å². The van der Waals surface area contributed by atoms with Gasteiger partial charge < -0.3 is 4.57 Å². The minimum atomic E-state index is 0.0153. The lowest BCUT2D eigenvalue weighted by molar-refractivity contribution is 0.0911. The molecule has 0 saturated carbocycles. The predicted octanol–water partition coefficient (Wildman–Crippen LogP) is 3.79. The second-order valence-corrected chi connectivity index (χ2v) is 6.65. The Kier molecular flexibility index (Phi) is 2.86. The largest absolute Gasteiger partial charge is 0.304 e. The van der Waals surface area contributed by atoms with Gasteiger partial charge in [-0.15, -0.1) is 0 Å². The van der Waals surface area contributed by atoms with Crippen LogP contribution in [0.2, 0.25) is 0 Å². The summed E-state index contributed by atoms with van der Waals surface area (Å²) in [4.78, 5) is 16.6. The Bertz CT molecular complexity index is 658. The normalized spacial score (nSPS) is 17.3.